The van der Waals surface area contributed by atoms with Gasteiger partial charge in [-0.1, -0.05) is 5.16 Å². The number of nitrogens with zero attached hydrogens (tertiary/aromatic N) is 2. The Morgan fingerprint density at radius 1 is 1.28 bits per heavy atom. The molecule has 0 radical (unpaired) electrons. The van der Waals surface area contributed by atoms with Crippen molar-refractivity contribution in [2.45, 2.75) is 31.9 Å². The highest BCUT2D eigenvalue weighted by molar-refractivity contribution is 7.89. The van der Waals surface area contributed by atoms with Gasteiger partial charge in [0.15, 0.2) is 0 Å². The van der Waals surface area contributed by atoms with E-state index in [1.54, 1.807) is 0 Å². The van der Waals surface area contributed by atoms with Crippen molar-refractivity contribution in [3.63, 3.8) is 0 Å². The molecule has 0 aromatic rings. The molecule has 0 bridgehead atoms. The first-order valence-corrected chi connectivity index (χ1v) is 7.10. The van der Waals surface area contributed by atoms with E-state index in [-0.39, 0.29) is 13.1 Å². The zero-order valence-corrected chi connectivity index (χ0v) is 10.5. The third-order valence-electron chi connectivity index (χ3n) is 2.70. The molecule has 0 aliphatic carbocycles. The molecule has 106 valence electrons. The van der Waals surface area contributed by atoms with E-state index < -0.39 is 34.8 Å². The van der Waals surface area contributed by atoms with E-state index in [4.69, 9.17) is 5.21 Å². The molecule has 1 rings (SSSR count). The maximum Gasteiger partial charge on any atom is 0.389 e. The molecule has 1 aliphatic rings. The summed E-state index contributed by atoms with van der Waals surface area (Å²) in [5, 5.41) is 11.5. The third-order valence-corrected chi connectivity index (χ3v) is 4.65. The van der Waals surface area contributed by atoms with Crippen LogP contribution in [-0.2, 0) is 10.0 Å². The lowest BCUT2D eigenvalue weighted by molar-refractivity contribution is -0.134. The van der Waals surface area contributed by atoms with Crippen LogP contribution in [0.25, 0.3) is 0 Å². The maximum atomic E-state index is 11.9. The van der Waals surface area contributed by atoms with Crippen molar-refractivity contribution in [3.8, 4) is 0 Å². The fourth-order valence-electron chi connectivity index (χ4n) is 1.71. The van der Waals surface area contributed by atoms with Gasteiger partial charge in [-0.2, -0.15) is 13.2 Å². The Hall–Kier alpha value is -0.830. The van der Waals surface area contributed by atoms with Gasteiger partial charge in [-0.15, -0.1) is 0 Å². The van der Waals surface area contributed by atoms with E-state index in [0.717, 1.165) is 4.31 Å². The number of hydrogen-bond acceptors (Lipinski definition) is 4. The molecule has 0 spiro atoms. The van der Waals surface area contributed by atoms with Gasteiger partial charge in [-0.05, 0) is 6.42 Å². The molecule has 1 saturated heterocycles. The number of rotatable bonds is 4. The Kier molecular flexibility index (Phi) is 4.97. The minimum atomic E-state index is -4.33. The Morgan fingerprint density at radius 3 is 2.28 bits per heavy atom. The van der Waals surface area contributed by atoms with Crippen molar-refractivity contribution in [2.75, 3.05) is 18.8 Å². The summed E-state index contributed by atoms with van der Waals surface area (Å²) >= 11 is 0. The summed E-state index contributed by atoms with van der Waals surface area (Å²) in [5.74, 6) is -0.502. The van der Waals surface area contributed by atoms with Gasteiger partial charge in [0.05, 0.1) is 11.5 Å². The van der Waals surface area contributed by atoms with Gasteiger partial charge in [0.1, 0.15) is 0 Å². The lowest BCUT2D eigenvalue weighted by atomic mass is 10.1. The second-order valence-electron chi connectivity index (χ2n) is 4.10. The van der Waals surface area contributed by atoms with Crippen LogP contribution < -0.4 is 0 Å². The summed E-state index contributed by atoms with van der Waals surface area (Å²) in [7, 11) is -3.64. The molecule has 1 N–H and O–H groups in total. The van der Waals surface area contributed by atoms with E-state index in [2.05, 4.69) is 5.16 Å². The van der Waals surface area contributed by atoms with Gasteiger partial charge in [-0.25, -0.2) is 12.7 Å². The normalized spacial score (nSPS) is 18.9. The Labute approximate surface area is 103 Å². The van der Waals surface area contributed by atoms with Crippen molar-refractivity contribution < 1.29 is 26.8 Å². The number of sulfonamides is 1. The van der Waals surface area contributed by atoms with Crippen LogP contribution in [0.15, 0.2) is 5.16 Å². The average Bonchev–Trinajstić information content (AvgIpc) is 2.27. The van der Waals surface area contributed by atoms with Gasteiger partial charge in [0, 0.05) is 32.4 Å². The quantitative estimate of drug-likeness (QED) is 0.631. The molecule has 1 aliphatic heterocycles. The lowest BCUT2D eigenvalue weighted by Gasteiger charge is -2.26. The van der Waals surface area contributed by atoms with Gasteiger partial charge in [0.2, 0.25) is 10.0 Å². The second-order valence-corrected chi connectivity index (χ2v) is 6.19. The van der Waals surface area contributed by atoms with Crippen LogP contribution in [0.2, 0.25) is 0 Å². The van der Waals surface area contributed by atoms with Crippen LogP contribution in [0, 0.1) is 0 Å². The molecule has 9 heteroatoms. The molecule has 5 nitrogen and oxygen atoms in total. The van der Waals surface area contributed by atoms with Crippen LogP contribution in [0.1, 0.15) is 25.7 Å². The second kappa shape index (κ2) is 5.87. The molecule has 0 unspecified atom stereocenters. The topological polar surface area (TPSA) is 70.0 Å². The van der Waals surface area contributed by atoms with E-state index in [1.807, 2.05) is 0 Å². The standard InChI is InChI=1S/C9H15F3N2O3S/c10-9(11,12)4-1-7-18(16,17)14-5-2-8(13-15)3-6-14/h15H,1-7H2. The first-order valence-electron chi connectivity index (χ1n) is 5.49. The van der Waals surface area contributed by atoms with Crippen molar-refractivity contribution in [1.29, 1.82) is 0 Å². The Morgan fingerprint density at radius 2 is 1.83 bits per heavy atom. The fraction of sp³-hybridized carbons (Fsp3) is 0.889. The Balaban J connectivity index is 2.45. The van der Waals surface area contributed by atoms with Gasteiger partial charge in [-0.3, -0.25) is 0 Å². The summed E-state index contributed by atoms with van der Waals surface area (Å²) in [5.41, 5.74) is 0.511. The van der Waals surface area contributed by atoms with Crippen molar-refractivity contribution in [2.24, 2.45) is 5.16 Å². The minimum Gasteiger partial charge on any atom is -0.411 e. The summed E-state index contributed by atoms with van der Waals surface area (Å²) in [6.07, 6.45) is -5.22. The summed E-state index contributed by atoms with van der Waals surface area (Å²) in [6.45, 7) is 0.321. The molecule has 0 aromatic carbocycles. The van der Waals surface area contributed by atoms with E-state index >= 15 is 0 Å². The van der Waals surface area contributed by atoms with Gasteiger partial charge >= 0.3 is 6.18 Å². The summed E-state index contributed by atoms with van der Waals surface area (Å²) in [4.78, 5) is 0. The zero-order valence-electron chi connectivity index (χ0n) is 9.65. The molecule has 0 amide bonds. The maximum absolute atomic E-state index is 11.9. The molecular formula is C9H15F3N2O3S. The number of oxime groups is 1. The molecule has 1 heterocycles. The van der Waals surface area contributed by atoms with Gasteiger partial charge in [0.25, 0.3) is 0 Å². The highest BCUT2D eigenvalue weighted by atomic mass is 32.2. The summed E-state index contributed by atoms with van der Waals surface area (Å²) < 4.78 is 60.4. The molecule has 0 saturated carbocycles. The van der Waals surface area contributed by atoms with E-state index in [0.29, 0.717) is 18.6 Å². The predicted octanol–water partition coefficient (Wildman–Crippen LogP) is 1.58. The molecule has 1 fully saturated rings. The van der Waals surface area contributed by atoms with Gasteiger partial charge < -0.3 is 5.21 Å². The monoisotopic (exact) mass is 288 g/mol. The smallest absolute Gasteiger partial charge is 0.389 e. The number of halogens is 3. The molecule has 18 heavy (non-hydrogen) atoms. The highest BCUT2D eigenvalue weighted by Crippen LogP contribution is 2.22. The van der Waals surface area contributed by atoms with E-state index in [1.165, 1.54) is 0 Å². The average molecular weight is 288 g/mol. The SMILES string of the molecule is O=S(=O)(CCCC(F)(F)F)N1CCC(=NO)CC1. The molecule has 0 atom stereocenters. The zero-order chi connectivity index (χ0) is 13.8. The number of piperidine rings is 1. The summed E-state index contributed by atoms with van der Waals surface area (Å²) in [6, 6.07) is 0. The predicted molar refractivity (Wildman–Crippen MR) is 59.1 cm³/mol. The molecular weight excluding hydrogens is 273 g/mol. The van der Waals surface area contributed by atoms with Crippen LogP contribution >= 0.6 is 0 Å². The van der Waals surface area contributed by atoms with Crippen molar-refractivity contribution in [1.82, 2.24) is 4.31 Å². The minimum absolute atomic E-state index is 0.160. The Bertz CT molecular complexity index is 396. The van der Waals surface area contributed by atoms with Crippen LogP contribution in [0.5, 0.6) is 0 Å². The third kappa shape index (κ3) is 4.81. The largest absolute Gasteiger partial charge is 0.411 e. The number of hydrogen-bond donors (Lipinski definition) is 1. The fourth-order valence-corrected chi connectivity index (χ4v) is 3.21. The number of alkyl halides is 3. The van der Waals surface area contributed by atoms with Crippen molar-refractivity contribution >= 4 is 15.7 Å². The van der Waals surface area contributed by atoms with Crippen molar-refractivity contribution in [3.05, 3.63) is 0 Å². The van der Waals surface area contributed by atoms with Crippen LogP contribution in [0.3, 0.4) is 0 Å². The molecule has 0 aromatic heterocycles. The van der Waals surface area contributed by atoms with E-state index in [9.17, 15) is 21.6 Å². The first-order chi connectivity index (χ1) is 8.24. The highest BCUT2D eigenvalue weighted by Gasteiger charge is 2.30. The lowest BCUT2D eigenvalue weighted by Crippen LogP contribution is -2.40. The van der Waals surface area contributed by atoms with Crippen LogP contribution in [0.4, 0.5) is 13.2 Å². The van der Waals surface area contributed by atoms with Crippen LogP contribution in [-0.4, -0.2) is 48.7 Å². The first kappa shape index (κ1) is 15.2.